The number of hydrogen-bond donors (Lipinski definition) is 1. The van der Waals surface area contributed by atoms with Crippen LogP contribution in [0.4, 0.5) is 0 Å². The van der Waals surface area contributed by atoms with Crippen molar-refractivity contribution in [3.05, 3.63) is 0 Å². The Hall–Kier alpha value is 0.310. The molecule has 0 aromatic carbocycles. The average molecular weight is 226 g/mol. The number of fused-ring (bicyclic) bond motifs is 5. The van der Waals surface area contributed by atoms with Gasteiger partial charge in [-0.2, -0.15) is 0 Å². The van der Waals surface area contributed by atoms with E-state index in [-0.39, 0.29) is 4.93 Å². The van der Waals surface area contributed by atoms with Crippen LogP contribution in [-0.4, -0.2) is 11.0 Å². The molecule has 3 rings (SSSR count). The summed E-state index contributed by atoms with van der Waals surface area (Å²) in [7, 11) is 0. The first-order valence-corrected chi connectivity index (χ1v) is 6.89. The fraction of sp³-hybridized carbons (Fsp3) is 1.00. The molecule has 0 aromatic rings. The van der Waals surface area contributed by atoms with Gasteiger partial charge in [0.05, 0.1) is 6.10 Å². The molecular formula is C13H22OS. The molecular weight excluding hydrogens is 204 g/mol. The number of thiol groups is 1. The Morgan fingerprint density at radius 1 is 1.07 bits per heavy atom. The molecule has 3 fully saturated rings. The lowest BCUT2D eigenvalue weighted by Gasteiger charge is -2.35. The molecule has 5 atom stereocenters. The van der Waals surface area contributed by atoms with E-state index in [1.807, 2.05) is 0 Å². The van der Waals surface area contributed by atoms with Gasteiger partial charge in [0, 0.05) is 0 Å². The molecule has 0 N–H and O–H groups in total. The van der Waals surface area contributed by atoms with Crippen molar-refractivity contribution in [3.63, 3.8) is 0 Å². The van der Waals surface area contributed by atoms with Gasteiger partial charge in [0.1, 0.15) is 4.93 Å². The SMILES string of the molecule is CC(C)(S)OC1CC2CC1C1CCCC21. The lowest BCUT2D eigenvalue weighted by molar-refractivity contribution is -0.0587. The molecule has 86 valence electrons. The fourth-order valence-corrected chi connectivity index (χ4v) is 4.65. The molecule has 0 amide bonds. The first-order valence-electron chi connectivity index (χ1n) is 6.45. The van der Waals surface area contributed by atoms with Crippen molar-refractivity contribution in [3.8, 4) is 0 Å². The minimum absolute atomic E-state index is 0.247. The van der Waals surface area contributed by atoms with Gasteiger partial charge in [-0.25, -0.2) is 0 Å². The molecule has 0 aromatic heterocycles. The summed E-state index contributed by atoms with van der Waals surface area (Å²) in [5.41, 5.74) is 0. The van der Waals surface area contributed by atoms with Crippen LogP contribution in [0.25, 0.3) is 0 Å². The van der Waals surface area contributed by atoms with Gasteiger partial charge in [-0.1, -0.05) is 6.42 Å². The molecule has 0 radical (unpaired) electrons. The van der Waals surface area contributed by atoms with Crippen molar-refractivity contribution < 1.29 is 4.74 Å². The van der Waals surface area contributed by atoms with Crippen LogP contribution in [0, 0.1) is 23.7 Å². The predicted molar refractivity (Wildman–Crippen MR) is 65.0 cm³/mol. The van der Waals surface area contributed by atoms with E-state index in [4.69, 9.17) is 4.74 Å². The molecule has 2 heteroatoms. The van der Waals surface area contributed by atoms with Crippen molar-refractivity contribution in [2.45, 2.75) is 57.0 Å². The summed E-state index contributed by atoms with van der Waals surface area (Å²) in [6, 6.07) is 0. The van der Waals surface area contributed by atoms with Gasteiger partial charge in [0.25, 0.3) is 0 Å². The maximum atomic E-state index is 6.10. The lowest BCUT2D eigenvalue weighted by atomic mass is 9.80. The molecule has 15 heavy (non-hydrogen) atoms. The van der Waals surface area contributed by atoms with Crippen LogP contribution in [-0.2, 0) is 4.74 Å². The summed E-state index contributed by atoms with van der Waals surface area (Å²) in [4.78, 5) is -0.247. The highest BCUT2D eigenvalue weighted by Gasteiger charge is 2.54. The average Bonchev–Trinajstić information content (AvgIpc) is 2.66. The van der Waals surface area contributed by atoms with Gasteiger partial charge in [-0.3, -0.25) is 0 Å². The second-order valence-corrected chi connectivity index (χ2v) is 7.33. The van der Waals surface area contributed by atoms with Crippen molar-refractivity contribution in [2.24, 2.45) is 23.7 Å². The molecule has 0 saturated heterocycles. The van der Waals surface area contributed by atoms with Crippen LogP contribution in [0.1, 0.15) is 46.0 Å². The lowest BCUT2D eigenvalue weighted by Crippen LogP contribution is -2.35. The summed E-state index contributed by atoms with van der Waals surface area (Å²) >= 11 is 4.50. The third-order valence-corrected chi connectivity index (χ3v) is 4.91. The molecule has 0 heterocycles. The highest BCUT2D eigenvalue weighted by atomic mass is 32.1. The Bertz CT molecular complexity index is 258. The first-order chi connectivity index (χ1) is 7.04. The molecule has 0 aliphatic heterocycles. The van der Waals surface area contributed by atoms with E-state index < -0.39 is 0 Å². The van der Waals surface area contributed by atoms with E-state index in [1.165, 1.54) is 32.1 Å². The highest BCUT2D eigenvalue weighted by molar-refractivity contribution is 7.81. The van der Waals surface area contributed by atoms with E-state index in [1.54, 1.807) is 0 Å². The van der Waals surface area contributed by atoms with E-state index in [9.17, 15) is 0 Å². The molecule has 3 aliphatic rings. The first kappa shape index (κ1) is 10.5. The number of ether oxygens (including phenoxy) is 1. The maximum Gasteiger partial charge on any atom is 0.105 e. The van der Waals surface area contributed by atoms with Crippen LogP contribution in [0.2, 0.25) is 0 Å². The molecule has 5 unspecified atom stereocenters. The Kier molecular flexibility index (Phi) is 2.37. The fourth-order valence-electron chi connectivity index (χ4n) is 4.51. The van der Waals surface area contributed by atoms with Crippen LogP contribution in [0.3, 0.4) is 0 Å². The third-order valence-electron chi connectivity index (χ3n) is 4.81. The second-order valence-electron chi connectivity index (χ2n) is 6.26. The molecule has 3 saturated carbocycles. The Morgan fingerprint density at radius 3 is 2.53 bits per heavy atom. The standard InChI is InChI=1S/C13H22OS/c1-13(2,15)14-12-7-8-6-11(12)10-5-3-4-9(8)10/h8-12,15H,3-7H2,1-2H3. The van der Waals surface area contributed by atoms with Crippen LogP contribution < -0.4 is 0 Å². The summed E-state index contributed by atoms with van der Waals surface area (Å²) in [6.07, 6.45) is 7.72. The summed E-state index contributed by atoms with van der Waals surface area (Å²) in [6.45, 7) is 4.13. The van der Waals surface area contributed by atoms with Crippen molar-refractivity contribution >= 4 is 12.6 Å². The zero-order valence-corrected chi connectivity index (χ0v) is 10.7. The molecule has 0 spiro atoms. The number of rotatable bonds is 2. The van der Waals surface area contributed by atoms with E-state index >= 15 is 0 Å². The minimum Gasteiger partial charge on any atom is -0.362 e. The Balaban J connectivity index is 1.71. The van der Waals surface area contributed by atoms with Crippen molar-refractivity contribution in [1.29, 1.82) is 0 Å². The zero-order chi connectivity index (χ0) is 10.6. The van der Waals surface area contributed by atoms with Gasteiger partial charge in [-0.05, 0) is 63.2 Å². The third kappa shape index (κ3) is 1.74. The van der Waals surface area contributed by atoms with Crippen LogP contribution >= 0.6 is 12.6 Å². The highest BCUT2D eigenvalue weighted by Crippen LogP contribution is 2.59. The quantitative estimate of drug-likeness (QED) is 0.560. The van der Waals surface area contributed by atoms with Crippen molar-refractivity contribution in [1.82, 2.24) is 0 Å². The summed E-state index contributed by atoms with van der Waals surface area (Å²) in [5.74, 6) is 3.93. The van der Waals surface area contributed by atoms with Gasteiger partial charge in [0.15, 0.2) is 0 Å². The molecule has 3 aliphatic carbocycles. The van der Waals surface area contributed by atoms with Gasteiger partial charge in [0.2, 0.25) is 0 Å². The monoisotopic (exact) mass is 226 g/mol. The van der Waals surface area contributed by atoms with Crippen LogP contribution in [0.5, 0.6) is 0 Å². The topological polar surface area (TPSA) is 9.23 Å². The number of hydrogen-bond acceptors (Lipinski definition) is 2. The van der Waals surface area contributed by atoms with Crippen molar-refractivity contribution in [2.75, 3.05) is 0 Å². The molecule has 1 nitrogen and oxygen atoms in total. The van der Waals surface area contributed by atoms with Gasteiger partial charge >= 0.3 is 0 Å². The Morgan fingerprint density at radius 2 is 1.80 bits per heavy atom. The van der Waals surface area contributed by atoms with E-state index in [0.29, 0.717) is 6.10 Å². The zero-order valence-electron chi connectivity index (χ0n) is 9.78. The van der Waals surface area contributed by atoms with Gasteiger partial charge < -0.3 is 4.74 Å². The molecule has 2 bridgehead atoms. The van der Waals surface area contributed by atoms with Gasteiger partial charge in [-0.15, -0.1) is 12.6 Å². The smallest absolute Gasteiger partial charge is 0.105 e. The predicted octanol–water partition coefficient (Wildman–Crippen LogP) is 3.49. The normalized spacial score (nSPS) is 48.6. The van der Waals surface area contributed by atoms with Crippen LogP contribution in [0.15, 0.2) is 0 Å². The van der Waals surface area contributed by atoms with E-state index in [2.05, 4.69) is 26.5 Å². The second kappa shape index (κ2) is 3.40. The maximum absolute atomic E-state index is 6.10. The van der Waals surface area contributed by atoms with E-state index in [0.717, 1.165) is 23.7 Å². The minimum atomic E-state index is -0.247. The summed E-state index contributed by atoms with van der Waals surface area (Å²) < 4.78 is 6.10. The largest absolute Gasteiger partial charge is 0.362 e. The summed E-state index contributed by atoms with van der Waals surface area (Å²) in [5, 5.41) is 0. The Labute approximate surface area is 98.4 Å².